The SMILES string of the molecule is CCc1[nH]n(-c2ccc(C#N)cc2)c(=O)c1C. The van der Waals surface area contributed by atoms with Crippen molar-refractivity contribution in [3.8, 4) is 11.8 Å². The lowest BCUT2D eigenvalue weighted by Crippen LogP contribution is -2.15. The summed E-state index contributed by atoms with van der Waals surface area (Å²) >= 11 is 0. The van der Waals surface area contributed by atoms with Crippen LogP contribution in [0.25, 0.3) is 5.69 Å². The van der Waals surface area contributed by atoms with E-state index in [9.17, 15) is 4.79 Å². The zero-order valence-electron chi connectivity index (χ0n) is 9.82. The normalized spacial score (nSPS) is 10.2. The Labute approximate surface area is 99.1 Å². The molecule has 0 spiro atoms. The maximum atomic E-state index is 12.0. The van der Waals surface area contributed by atoms with Crippen LogP contribution in [-0.4, -0.2) is 9.78 Å². The Kier molecular flexibility index (Phi) is 2.84. The highest BCUT2D eigenvalue weighted by Gasteiger charge is 2.09. The first kappa shape index (κ1) is 11.2. The highest BCUT2D eigenvalue weighted by atomic mass is 16.1. The second kappa shape index (κ2) is 4.30. The Hall–Kier alpha value is -2.28. The number of benzene rings is 1. The first-order chi connectivity index (χ1) is 8.17. The summed E-state index contributed by atoms with van der Waals surface area (Å²) in [5, 5.41) is 11.8. The predicted octanol–water partition coefficient (Wildman–Crippen LogP) is 1.91. The molecule has 0 fully saturated rings. The average molecular weight is 227 g/mol. The van der Waals surface area contributed by atoms with Crippen LogP contribution in [0.15, 0.2) is 29.1 Å². The molecule has 1 heterocycles. The molecule has 0 aliphatic rings. The van der Waals surface area contributed by atoms with Crippen LogP contribution in [0.5, 0.6) is 0 Å². The monoisotopic (exact) mass is 227 g/mol. The van der Waals surface area contributed by atoms with Gasteiger partial charge in [0.1, 0.15) is 0 Å². The van der Waals surface area contributed by atoms with Crippen molar-refractivity contribution >= 4 is 0 Å². The van der Waals surface area contributed by atoms with E-state index in [1.165, 1.54) is 4.68 Å². The summed E-state index contributed by atoms with van der Waals surface area (Å²) in [6.07, 6.45) is 0.796. The number of nitrogens with zero attached hydrogens (tertiary/aromatic N) is 2. The van der Waals surface area contributed by atoms with Crippen LogP contribution in [0.1, 0.15) is 23.7 Å². The lowest BCUT2D eigenvalue weighted by Gasteiger charge is -2.01. The second-order valence-electron chi connectivity index (χ2n) is 3.87. The number of hydrogen-bond acceptors (Lipinski definition) is 2. The molecule has 0 aliphatic carbocycles. The molecular formula is C13H13N3O. The van der Waals surface area contributed by atoms with Crippen molar-refractivity contribution < 1.29 is 0 Å². The molecule has 0 unspecified atom stereocenters. The Balaban J connectivity index is 2.53. The van der Waals surface area contributed by atoms with Crippen molar-refractivity contribution in [3.63, 3.8) is 0 Å². The molecule has 0 amide bonds. The Bertz CT molecular complexity index is 626. The van der Waals surface area contributed by atoms with E-state index in [0.29, 0.717) is 5.56 Å². The van der Waals surface area contributed by atoms with Crippen molar-refractivity contribution in [2.24, 2.45) is 0 Å². The predicted molar refractivity (Wildman–Crippen MR) is 65.2 cm³/mol. The lowest BCUT2D eigenvalue weighted by molar-refractivity contribution is 0.819. The van der Waals surface area contributed by atoms with E-state index in [4.69, 9.17) is 5.26 Å². The molecule has 1 N–H and O–H groups in total. The number of H-pyrrole nitrogens is 1. The van der Waals surface area contributed by atoms with Crippen molar-refractivity contribution in [1.82, 2.24) is 9.78 Å². The summed E-state index contributed by atoms with van der Waals surface area (Å²) in [5.74, 6) is 0. The van der Waals surface area contributed by atoms with E-state index in [2.05, 4.69) is 11.2 Å². The molecule has 1 aromatic heterocycles. The van der Waals surface area contributed by atoms with E-state index in [1.54, 1.807) is 24.3 Å². The van der Waals surface area contributed by atoms with Gasteiger partial charge in [0.25, 0.3) is 5.56 Å². The molecule has 0 saturated heterocycles. The molecule has 17 heavy (non-hydrogen) atoms. The van der Waals surface area contributed by atoms with Crippen LogP contribution in [0.4, 0.5) is 0 Å². The molecule has 0 aliphatic heterocycles. The largest absolute Gasteiger partial charge is 0.295 e. The highest BCUT2D eigenvalue weighted by molar-refractivity contribution is 5.39. The zero-order valence-corrected chi connectivity index (χ0v) is 9.82. The van der Waals surface area contributed by atoms with Crippen molar-refractivity contribution in [2.45, 2.75) is 20.3 Å². The summed E-state index contributed by atoms with van der Waals surface area (Å²) in [4.78, 5) is 12.0. The van der Waals surface area contributed by atoms with Crippen molar-refractivity contribution in [1.29, 1.82) is 5.26 Å². The minimum Gasteiger partial charge on any atom is -0.295 e. The summed E-state index contributed by atoms with van der Waals surface area (Å²) in [6, 6.07) is 8.96. The van der Waals surface area contributed by atoms with Crippen LogP contribution in [0, 0.1) is 18.3 Å². The van der Waals surface area contributed by atoms with Gasteiger partial charge < -0.3 is 0 Å². The Morgan fingerprint density at radius 2 is 2.00 bits per heavy atom. The quantitative estimate of drug-likeness (QED) is 0.851. The molecule has 0 saturated carbocycles. The molecule has 0 radical (unpaired) electrons. The first-order valence-electron chi connectivity index (χ1n) is 5.48. The molecule has 4 nitrogen and oxygen atoms in total. The summed E-state index contributed by atoms with van der Waals surface area (Å²) in [7, 11) is 0. The summed E-state index contributed by atoms with van der Waals surface area (Å²) < 4.78 is 1.51. The third kappa shape index (κ3) is 1.87. The molecule has 0 atom stereocenters. The van der Waals surface area contributed by atoms with Gasteiger partial charge in [-0.2, -0.15) is 5.26 Å². The highest BCUT2D eigenvalue weighted by Crippen LogP contribution is 2.09. The fraction of sp³-hybridized carbons (Fsp3) is 0.231. The van der Waals surface area contributed by atoms with Gasteiger partial charge in [-0.3, -0.25) is 9.89 Å². The van der Waals surface area contributed by atoms with Crippen LogP contribution in [0.2, 0.25) is 0 Å². The van der Waals surface area contributed by atoms with Gasteiger partial charge in [0, 0.05) is 11.3 Å². The standard InChI is InChI=1S/C13H13N3O/c1-3-12-9(2)13(17)16(15-12)11-6-4-10(8-14)5-7-11/h4-7,15H,3H2,1-2H3. The minimum atomic E-state index is -0.0356. The minimum absolute atomic E-state index is 0.0356. The number of aromatic amines is 1. The lowest BCUT2D eigenvalue weighted by atomic mass is 10.2. The summed E-state index contributed by atoms with van der Waals surface area (Å²) in [5.41, 5.74) is 2.99. The second-order valence-corrected chi connectivity index (χ2v) is 3.87. The fourth-order valence-electron chi connectivity index (χ4n) is 1.78. The smallest absolute Gasteiger partial charge is 0.274 e. The third-order valence-electron chi connectivity index (χ3n) is 2.83. The van der Waals surface area contributed by atoms with E-state index >= 15 is 0 Å². The molecule has 4 heteroatoms. The molecular weight excluding hydrogens is 214 g/mol. The van der Waals surface area contributed by atoms with Gasteiger partial charge >= 0.3 is 0 Å². The van der Waals surface area contributed by atoms with E-state index in [-0.39, 0.29) is 5.56 Å². The molecule has 2 aromatic rings. The van der Waals surface area contributed by atoms with Crippen LogP contribution in [0.3, 0.4) is 0 Å². The molecule has 2 rings (SSSR count). The van der Waals surface area contributed by atoms with E-state index in [1.807, 2.05) is 13.8 Å². The van der Waals surface area contributed by atoms with Gasteiger partial charge in [-0.25, -0.2) is 4.68 Å². The third-order valence-corrected chi connectivity index (χ3v) is 2.83. The van der Waals surface area contributed by atoms with Crippen LogP contribution in [-0.2, 0) is 6.42 Å². The first-order valence-corrected chi connectivity index (χ1v) is 5.48. The van der Waals surface area contributed by atoms with Gasteiger partial charge in [-0.05, 0) is 37.6 Å². The molecule has 0 bridgehead atoms. The van der Waals surface area contributed by atoms with Gasteiger partial charge in [-0.1, -0.05) is 6.92 Å². The van der Waals surface area contributed by atoms with Crippen molar-refractivity contribution in [3.05, 3.63) is 51.4 Å². The number of nitrogens with one attached hydrogen (secondary N) is 1. The summed E-state index contributed by atoms with van der Waals surface area (Å²) in [6.45, 7) is 3.82. The Morgan fingerprint density at radius 1 is 1.35 bits per heavy atom. The fourth-order valence-corrected chi connectivity index (χ4v) is 1.78. The van der Waals surface area contributed by atoms with Gasteiger partial charge in [0.2, 0.25) is 0 Å². The number of aromatic nitrogens is 2. The van der Waals surface area contributed by atoms with E-state index < -0.39 is 0 Å². The number of aryl methyl sites for hydroxylation is 1. The number of hydrogen-bond donors (Lipinski definition) is 1. The Morgan fingerprint density at radius 3 is 2.47 bits per heavy atom. The van der Waals surface area contributed by atoms with Gasteiger partial charge in [0.05, 0.1) is 17.3 Å². The molecule has 86 valence electrons. The maximum Gasteiger partial charge on any atom is 0.274 e. The molecule has 1 aromatic carbocycles. The maximum absolute atomic E-state index is 12.0. The van der Waals surface area contributed by atoms with Gasteiger partial charge in [-0.15, -0.1) is 0 Å². The van der Waals surface area contributed by atoms with Crippen LogP contribution < -0.4 is 5.56 Å². The van der Waals surface area contributed by atoms with Crippen LogP contribution >= 0.6 is 0 Å². The zero-order chi connectivity index (χ0) is 12.4. The number of rotatable bonds is 2. The average Bonchev–Trinajstić information content (AvgIpc) is 2.66. The van der Waals surface area contributed by atoms with Gasteiger partial charge in [0.15, 0.2) is 0 Å². The topological polar surface area (TPSA) is 61.6 Å². The van der Waals surface area contributed by atoms with E-state index in [0.717, 1.165) is 23.4 Å². The number of nitriles is 1. The van der Waals surface area contributed by atoms with Crippen molar-refractivity contribution in [2.75, 3.05) is 0 Å².